The first-order valence-electron chi connectivity index (χ1n) is 7.42. The van der Waals surface area contributed by atoms with Crippen LogP contribution in [-0.2, 0) is 9.59 Å². The van der Waals surface area contributed by atoms with Crippen LogP contribution in [0.3, 0.4) is 0 Å². The lowest BCUT2D eigenvalue weighted by Crippen LogP contribution is -2.53. The molecule has 0 spiro atoms. The first kappa shape index (κ1) is 19.2. The van der Waals surface area contributed by atoms with E-state index in [1.165, 1.54) is 0 Å². The van der Waals surface area contributed by atoms with Gasteiger partial charge >= 0.3 is 0 Å². The van der Waals surface area contributed by atoms with E-state index >= 15 is 0 Å². The number of carbonyl (C=O) groups excluding carboxylic acids is 2. The number of halogens is 1. The van der Waals surface area contributed by atoms with Gasteiger partial charge in [-0.15, -0.1) is 12.4 Å². The van der Waals surface area contributed by atoms with E-state index in [4.69, 9.17) is 5.73 Å². The van der Waals surface area contributed by atoms with E-state index in [0.717, 1.165) is 38.6 Å². The third-order valence-corrected chi connectivity index (χ3v) is 3.49. The minimum atomic E-state index is -0.393. The topological polar surface area (TPSA) is 75.4 Å². The molecule has 0 saturated carbocycles. The van der Waals surface area contributed by atoms with E-state index in [0.29, 0.717) is 13.0 Å². The van der Waals surface area contributed by atoms with Crippen LogP contribution in [0.4, 0.5) is 0 Å². The summed E-state index contributed by atoms with van der Waals surface area (Å²) >= 11 is 0. The predicted molar refractivity (Wildman–Crippen MR) is 82.8 cm³/mol. The Morgan fingerprint density at radius 3 is 2.65 bits per heavy atom. The maximum Gasteiger partial charge on any atom is 0.239 e. The van der Waals surface area contributed by atoms with Gasteiger partial charge in [0.2, 0.25) is 11.8 Å². The molecule has 3 N–H and O–H groups in total. The maximum absolute atomic E-state index is 12.1. The van der Waals surface area contributed by atoms with Crippen LogP contribution in [0.25, 0.3) is 0 Å². The molecule has 1 fully saturated rings. The molecular weight excluding hydrogens is 278 g/mol. The van der Waals surface area contributed by atoms with E-state index in [1.807, 2.05) is 13.8 Å². The Morgan fingerprint density at radius 1 is 1.35 bits per heavy atom. The van der Waals surface area contributed by atoms with Crippen LogP contribution in [0.2, 0.25) is 0 Å². The van der Waals surface area contributed by atoms with Crippen molar-refractivity contribution in [3.8, 4) is 0 Å². The highest BCUT2D eigenvalue weighted by molar-refractivity contribution is 5.85. The molecule has 1 saturated heterocycles. The standard InChI is InChI=1S/C14H27N3O2.ClH/c1-3-6-12(15)14(19)17-9-5-8-11(10-17)16-13(18)7-4-2;/h11-12H,3-10,15H2,1-2H3,(H,16,18);1H. The number of amides is 2. The molecule has 20 heavy (non-hydrogen) atoms. The molecule has 0 bridgehead atoms. The molecule has 0 radical (unpaired) electrons. The molecule has 2 atom stereocenters. The van der Waals surface area contributed by atoms with Gasteiger partial charge in [-0.2, -0.15) is 0 Å². The highest BCUT2D eigenvalue weighted by Gasteiger charge is 2.27. The number of likely N-dealkylation sites (tertiary alicyclic amines) is 1. The van der Waals surface area contributed by atoms with E-state index < -0.39 is 6.04 Å². The number of rotatable bonds is 6. The third-order valence-electron chi connectivity index (χ3n) is 3.49. The van der Waals surface area contributed by atoms with Gasteiger partial charge in [-0.05, 0) is 25.7 Å². The number of nitrogens with one attached hydrogen (secondary N) is 1. The first-order chi connectivity index (χ1) is 9.08. The number of hydrogen-bond donors (Lipinski definition) is 2. The van der Waals surface area contributed by atoms with Crippen LogP contribution in [0.15, 0.2) is 0 Å². The zero-order valence-corrected chi connectivity index (χ0v) is 13.4. The summed E-state index contributed by atoms with van der Waals surface area (Å²) in [6.07, 6.45) is 4.92. The molecule has 1 rings (SSSR count). The highest BCUT2D eigenvalue weighted by atomic mass is 35.5. The fourth-order valence-electron chi connectivity index (χ4n) is 2.49. The normalized spacial score (nSPS) is 19.9. The maximum atomic E-state index is 12.1. The minimum absolute atomic E-state index is 0. The van der Waals surface area contributed by atoms with Crippen molar-refractivity contribution >= 4 is 24.2 Å². The predicted octanol–water partition coefficient (Wildman–Crippen LogP) is 1.44. The number of piperidine rings is 1. The molecule has 1 heterocycles. The summed E-state index contributed by atoms with van der Waals surface area (Å²) in [5, 5.41) is 3.00. The van der Waals surface area contributed by atoms with Crippen molar-refractivity contribution in [1.29, 1.82) is 0 Å². The van der Waals surface area contributed by atoms with Crippen LogP contribution < -0.4 is 11.1 Å². The van der Waals surface area contributed by atoms with E-state index in [1.54, 1.807) is 4.90 Å². The van der Waals surface area contributed by atoms with Crippen LogP contribution in [0.5, 0.6) is 0 Å². The van der Waals surface area contributed by atoms with Crippen molar-refractivity contribution in [2.75, 3.05) is 13.1 Å². The van der Waals surface area contributed by atoms with Gasteiger partial charge in [0.05, 0.1) is 6.04 Å². The van der Waals surface area contributed by atoms with Gasteiger partial charge in [0.15, 0.2) is 0 Å². The summed E-state index contributed by atoms with van der Waals surface area (Å²) in [6, 6.07) is -0.305. The molecule has 5 nitrogen and oxygen atoms in total. The summed E-state index contributed by atoms with van der Waals surface area (Å²) in [5.74, 6) is 0.107. The largest absolute Gasteiger partial charge is 0.352 e. The van der Waals surface area contributed by atoms with E-state index in [9.17, 15) is 9.59 Å². The lowest BCUT2D eigenvalue weighted by molar-refractivity contribution is -0.135. The smallest absolute Gasteiger partial charge is 0.239 e. The molecule has 0 aromatic carbocycles. The molecule has 0 aliphatic carbocycles. The first-order valence-corrected chi connectivity index (χ1v) is 7.42. The second kappa shape index (κ2) is 10.00. The van der Waals surface area contributed by atoms with Crippen molar-refractivity contribution in [3.05, 3.63) is 0 Å². The Balaban J connectivity index is 0.00000361. The Labute approximate surface area is 128 Å². The molecule has 6 heteroatoms. The molecule has 2 unspecified atom stereocenters. The molecule has 0 aromatic heterocycles. The van der Waals surface area contributed by atoms with Gasteiger partial charge in [0.1, 0.15) is 0 Å². The van der Waals surface area contributed by atoms with Gasteiger partial charge in [-0.1, -0.05) is 20.3 Å². The van der Waals surface area contributed by atoms with Crippen molar-refractivity contribution < 1.29 is 9.59 Å². The van der Waals surface area contributed by atoms with Crippen LogP contribution in [0, 0.1) is 0 Å². The van der Waals surface area contributed by atoms with Crippen LogP contribution in [-0.4, -0.2) is 41.9 Å². The Morgan fingerprint density at radius 2 is 2.05 bits per heavy atom. The van der Waals surface area contributed by atoms with E-state index in [2.05, 4.69) is 5.32 Å². The van der Waals surface area contributed by atoms with Gasteiger partial charge in [-0.25, -0.2) is 0 Å². The molecule has 2 amide bonds. The zero-order chi connectivity index (χ0) is 14.3. The Kier molecular flexibility index (Phi) is 9.59. The van der Waals surface area contributed by atoms with Crippen molar-refractivity contribution in [1.82, 2.24) is 10.2 Å². The fourth-order valence-corrected chi connectivity index (χ4v) is 2.49. The second-order valence-electron chi connectivity index (χ2n) is 5.34. The second-order valence-corrected chi connectivity index (χ2v) is 5.34. The Hall–Kier alpha value is -0.810. The molecule has 1 aliphatic rings. The summed E-state index contributed by atoms with van der Waals surface area (Å²) in [5.41, 5.74) is 5.87. The number of nitrogens with two attached hydrogens (primary N) is 1. The molecule has 118 valence electrons. The fraction of sp³-hybridized carbons (Fsp3) is 0.857. The molecular formula is C14H28ClN3O2. The van der Waals surface area contributed by atoms with Gasteiger partial charge in [0, 0.05) is 25.6 Å². The number of nitrogens with zero attached hydrogens (tertiary/aromatic N) is 1. The van der Waals surface area contributed by atoms with Crippen molar-refractivity contribution in [3.63, 3.8) is 0 Å². The molecule has 1 aliphatic heterocycles. The SMILES string of the molecule is CCCC(=O)NC1CCCN(C(=O)C(N)CCC)C1.Cl. The van der Waals surface area contributed by atoms with E-state index in [-0.39, 0.29) is 30.3 Å². The van der Waals surface area contributed by atoms with Crippen molar-refractivity contribution in [2.24, 2.45) is 5.73 Å². The highest BCUT2D eigenvalue weighted by Crippen LogP contribution is 2.12. The lowest BCUT2D eigenvalue weighted by atomic mass is 10.0. The van der Waals surface area contributed by atoms with Gasteiger partial charge in [-0.3, -0.25) is 9.59 Å². The summed E-state index contributed by atoms with van der Waals surface area (Å²) in [7, 11) is 0. The average Bonchev–Trinajstić information content (AvgIpc) is 2.38. The van der Waals surface area contributed by atoms with Gasteiger partial charge in [0.25, 0.3) is 0 Å². The number of carbonyl (C=O) groups is 2. The minimum Gasteiger partial charge on any atom is -0.352 e. The van der Waals surface area contributed by atoms with Crippen LogP contribution in [0.1, 0.15) is 52.4 Å². The zero-order valence-electron chi connectivity index (χ0n) is 12.6. The summed E-state index contributed by atoms with van der Waals surface area (Å²) in [4.78, 5) is 25.5. The lowest BCUT2D eigenvalue weighted by Gasteiger charge is -2.34. The Bertz CT molecular complexity index is 313. The van der Waals surface area contributed by atoms with Crippen LogP contribution >= 0.6 is 12.4 Å². The number of hydrogen-bond acceptors (Lipinski definition) is 3. The van der Waals surface area contributed by atoms with Gasteiger partial charge < -0.3 is 16.0 Å². The average molecular weight is 306 g/mol. The summed E-state index contributed by atoms with van der Waals surface area (Å²) in [6.45, 7) is 5.37. The molecule has 0 aromatic rings. The van der Waals surface area contributed by atoms with Crippen molar-refractivity contribution in [2.45, 2.75) is 64.5 Å². The summed E-state index contributed by atoms with van der Waals surface area (Å²) < 4.78 is 0. The third kappa shape index (κ3) is 6.09. The quantitative estimate of drug-likeness (QED) is 0.780. The monoisotopic (exact) mass is 305 g/mol.